The smallest absolute Gasteiger partial charge is 0.352 e. The minimum Gasteiger partial charge on any atom is -0.352 e. The van der Waals surface area contributed by atoms with Crippen molar-refractivity contribution in [3.63, 3.8) is 0 Å². The van der Waals surface area contributed by atoms with Crippen molar-refractivity contribution in [1.29, 1.82) is 0 Å². The van der Waals surface area contributed by atoms with Crippen LogP contribution in [0.2, 0.25) is 0 Å². The van der Waals surface area contributed by atoms with E-state index in [1.165, 1.54) is 12.1 Å². The number of aryl methyl sites for hydroxylation is 1. The summed E-state index contributed by atoms with van der Waals surface area (Å²) < 4.78 is 41.9. The molecule has 8 heteroatoms. The average molecular weight is 473 g/mol. The van der Waals surface area contributed by atoms with E-state index < -0.39 is 11.7 Å². The van der Waals surface area contributed by atoms with Crippen LogP contribution >= 0.6 is 12.2 Å². The van der Waals surface area contributed by atoms with E-state index >= 15 is 0 Å². The Bertz CT molecular complexity index is 1140. The number of nitrogens with zero attached hydrogens (tertiary/aromatic N) is 3. The van der Waals surface area contributed by atoms with Gasteiger partial charge in [-0.15, -0.1) is 0 Å². The van der Waals surface area contributed by atoms with Crippen molar-refractivity contribution in [2.75, 3.05) is 6.54 Å². The maximum atomic E-state index is 13.3. The lowest BCUT2D eigenvalue weighted by Gasteiger charge is -2.28. The first kappa shape index (κ1) is 23.3. The number of halogens is 3. The molecule has 1 N–H and O–H groups in total. The lowest BCUT2D eigenvalue weighted by atomic mass is 9.96. The molecule has 0 unspecified atom stereocenters. The summed E-state index contributed by atoms with van der Waals surface area (Å²) in [6, 6.07) is 13.1. The van der Waals surface area contributed by atoms with Gasteiger partial charge in [0, 0.05) is 29.8 Å². The molecule has 0 radical (unpaired) electrons. The van der Waals surface area contributed by atoms with Crippen molar-refractivity contribution in [3.8, 4) is 5.69 Å². The van der Waals surface area contributed by atoms with Gasteiger partial charge >= 0.3 is 6.18 Å². The van der Waals surface area contributed by atoms with Gasteiger partial charge in [0.1, 0.15) is 0 Å². The van der Waals surface area contributed by atoms with Crippen molar-refractivity contribution >= 4 is 17.3 Å². The molecule has 0 spiro atoms. The average Bonchev–Trinajstić information content (AvgIpc) is 3.27. The highest BCUT2D eigenvalue weighted by atomic mass is 32.1. The number of benzene rings is 1. The van der Waals surface area contributed by atoms with Gasteiger partial charge in [0.2, 0.25) is 0 Å². The van der Waals surface area contributed by atoms with Gasteiger partial charge in [-0.2, -0.15) is 13.2 Å². The van der Waals surface area contributed by atoms with Crippen LogP contribution in [-0.2, 0) is 6.18 Å². The Morgan fingerprint density at radius 1 is 1.09 bits per heavy atom. The quantitative estimate of drug-likeness (QED) is 0.428. The van der Waals surface area contributed by atoms with Gasteiger partial charge < -0.3 is 14.8 Å². The maximum Gasteiger partial charge on any atom is 0.416 e. The Hall–Kier alpha value is -2.87. The van der Waals surface area contributed by atoms with E-state index in [4.69, 9.17) is 12.2 Å². The van der Waals surface area contributed by atoms with Crippen LogP contribution in [0.25, 0.3) is 5.69 Å². The van der Waals surface area contributed by atoms with Crippen molar-refractivity contribution in [2.24, 2.45) is 0 Å². The molecule has 1 saturated heterocycles. The third-order valence-electron chi connectivity index (χ3n) is 6.17. The molecule has 174 valence electrons. The second-order valence-electron chi connectivity index (χ2n) is 8.38. The van der Waals surface area contributed by atoms with Gasteiger partial charge in [0.15, 0.2) is 5.11 Å². The molecule has 0 amide bonds. The van der Waals surface area contributed by atoms with E-state index in [0.29, 0.717) is 10.8 Å². The number of thiocarbonyl (C=S) groups is 1. The van der Waals surface area contributed by atoms with Crippen molar-refractivity contribution in [2.45, 2.75) is 51.9 Å². The SMILES string of the molecule is CCCCN1C(=S)N[C@H](c2ccccn2)[C@H]1c1cc(C)n(-c2cccc(C(F)(F)F)c2)c1C. The summed E-state index contributed by atoms with van der Waals surface area (Å²) in [7, 11) is 0. The zero-order chi connectivity index (χ0) is 23.8. The van der Waals surface area contributed by atoms with Gasteiger partial charge in [0.05, 0.1) is 23.3 Å². The molecule has 3 aromatic rings. The summed E-state index contributed by atoms with van der Waals surface area (Å²) in [6.45, 7) is 6.81. The first-order valence-corrected chi connectivity index (χ1v) is 11.5. The lowest BCUT2D eigenvalue weighted by Crippen LogP contribution is -2.30. The largest absolute Gasteiger partial charge is 0.416 e. The zero-order valence-electron chi connectivity index (χ0n) is 18.9. The van der Waals surface area contributed by atoms with E-state index in [1.807, 2.05) is 36.6 Å². The number of hydrogen-bond acceptors (Lipinski definition) is 2. The molecular weight excluding hydrogens is 445 g/mol. The van der Waals surface area contributed by atoms with Crippen LogP contribution in [0.15, 0.2) is 54.7 Å². The van der Waals surface area contributed by atoms with Gasteiger partial charge in [-0.1, -0.05) is 25.5 Å². The van der Waals surface area contributed by atoms with Gasteiger partial charge in [-0.05, 0) is 74.4 Å². The standard InChI is InChI=1S/C25H27F3N4S/c1-4-5-13-31-23(22(30-24(31)33)21-11-6-7-12-29-21)20-14-16(2)32(17(20)3)19-10-8-9-18(15-19)25(26,27)28/h6-12,14-15,22-23H,4-5,13H2,1-3H3,(H,30,33)/t22-,23-/m1/s1. The molecule has 3 heterocycles. The molecule has 1 aromatic carbocycles. The Morgan fingerprint density at radius 3 is 2.55 bits per heavy atom. The monoisotopic (exact) mass is 472 g/mol. The molecule has 4 rings (SSSR count). The summed E-state index contributed by atoms with van der Waals surface area (Å²) in [5.74, 6) is 0. The molecule has 4 nitrogen and oxygen atoms in total. The van der Waals surface area contributed by atoms with E-state index in [1.54, 1.807) is 12.3 Å². The zero-order valence-corrected chi connectivity index (χ0v) is 19.7. The molecule has 0 aliphatic carbocycles. The molecule has 2 atom stereocenters. The third-order valence-corrected chi connectivity index (χ3v) is 6.52. The molecule has 1 fully saturated rings. The van der Waals surface area contributed by atoms with Crippen LogP contribution in [0.3, 0.4) is 0 Å². The third kappa shape index (κ3) is 4.49. The summed E-state index contributed by atoms with van der Waals surface area (Å²) in [5, 5.41) is 4.11. The number of aromatic nitrogens is 2. The normalized spacial score (nSPS) is 18.6. The Balaban J connectivity index is 1.81. The van der Waals surface area contributed by atoms with Gasteiger partial charge in [0.25, 0.3) is 0 Å². The minimum absolute atomic E-state index is 0.107. The van der Waals surface area contributed by atoms with Crippen LogP contribution in [0.5, 0.6) is 0 Å². The fraction of sp³-hybridized carbons (Fsp3) is 0.360. The van der Waals surface area contributed by atoms with Gasteiger partial charge in [-0.25, -0.2) is 0 Å². The molecule has 2 aromatic heterocycles. The Kier molecular flexibility index (Phi) is 6.47. The topological polar surface area (TPSA) is 33.1 Å². The van der Waals surface area contributed by atoms with Crippen molar-refractivity contribution < 1.29 is 13.2 Å². The maximum absolute atomic E-state index is 13.3. The first-order chi connectivity index (χ1) is 15.7. The highest BCUT2D eigenvalue weighted by molar-refractivity contribution is 7.80. The molecule has 0 bridgehead atoms. The van der Waals surface area contributed by atoms with Crippen LogP contribution in [-0.4, -0.2) is 26.1 Å². The molecule has 0 saturated carbocycles. The number of rotatable bonds is 6. The van der Waals surface area contributed by atoms with E-state index in [9.17, 15) is 13.2 Å². The molecule has 1 aliphatic heterocycles. The second-order valence-corrected chi connectivity index (χ2v) is 8.77. The predicted molar refractivity (Wildman–Crippen MR) is 127 cm³/mol. The second kappa shape index (κ2) is 9.17. The highest BCUT2D eigenvalue weighted by Crippen LogP contribution is 2.41. The lowest BCUT2D eigenvalue weighted by molar-refractivity contribution is -0.137. The van der Waals surface area contributed by atoms with Crippen LogP contribution in [0.4, 0.5) is 13.2 Å². The van der Waals surface area contributed by atoms with Gasteiger partial charge in [-0.3, -0.25) is 4.98 Å². The van der Waals surface area contributed by atoms with E-state index in [-0.39, 0.29) is 12.1 Å². The van der Waals surface area contributed by atoms with E-state index in [0.717, 1.165) is 48.1 Å². The van der Waals surface area contributed by atoms with Crippen LogP contribution in [0, 0.1) is 13.8 Å². The fourth-order valence-corrected chi connectivity index (χ4v) is 4.95. The van der Waals surface area contributed by atoms with E-state index in [2.05, 4.69) is 28.2 Å². The highest BCUT2D eigenvalue weighted by Gasteiger charge is 2.41. The van der Waals surface area contributed by atoms with Crippen molar-refractivity contribution in [3.05, 3.63) is 82.9 Å². The summed E-state index contributed by atoms with van der Waals surface area (Å²) in [6.07, 6.45) is -0.614. The van der Waals surface area contributed by atoms with Crippen molar-refractivity contribution in [1.82, 2.24) is 19.8 Å². The first-order valence-electron chi connectivity index (χ1n) is 11.1. The number of alkyl halides is 3. The predicted octanol–water partition coefficient (Wildman–Crippen LogP) is 6.28. The summed E-state index contributed by atoms with van der Waals surface area (Å²) in [4.78, 5) is 6.75. The summed E-state index contributed by atoms with van der Waals surface area (Å²) >= 11 is 5.70. The Labute approximate surface area is 197 Å². The number of pyridine rings is 1. The molecule has 33 heavy (non-hydrogen) atoms. The number of hydrogen-bond donors (Lipinski definition) is 1. The number of unbranched alkanes of at least 4 members (excludes halogenated alkanes) is 1. The molecular formula is C25H27F3N4S. The number of nitrogens with one attached hydrogen (secondary N) is 1. The Morgan fingerprint density at radius 2 is 1.88 bits per heavy atom. The molecule has 1 aliphatic rings. The van der Waals surface area contributed by atoms with Crippen LogP contribution in [0.1, 0.15) is 60.1 Å². The van der Waals surface area contributed by atoms with Crippen LogP contribution < -0.4 is 5.32 Å². The summed E-state index contributed by atoms with van der Waals surface area (Å²) in [5.41, 5.74) is 3.51. The minimum atomic E-state index is -4.39. The fourth-order valence-electron chi connectivity index (χ4n) is 4.62.